The molecule has 102 valence electrons. The maximum atomic E-state index is 5.60. The SMILES string of the molecule is NCCc1nc2ccc(N3CCCCC3)nn2c1Br. The van der Waals surface area contributed by atoms with Gasteiger partial charge in [-0.1, -0.05) is 0 Å². The van der Waals surface area contributed by atoms with Crippen molar-refractivity contribution in [2.24, 2.45) is 5.73 Å². The molecule has 3 heterocycles. The van der Waals surface area contributed by atoms with E-state index in [1.165, 1.54) is 19.3 Å². The maximum Gasteiger partial charge on any atom is 0.155 e. The van der Waals surface area contributed by atoms with Crippen molar-refractivity contribution in [2.75, 3.05) is 24.5 Å². The second-order valence-corrected chi connectivity index (χ2v) is 5.65. The number of fused-ring (bicyclic) bond motifs is 1. The average molecular weight is 324 g/mol. The second kappa shape index (κ2) is 5.46. The Balaban J connectivity index is 1.97. The molecule has 5 nitrogen and oxygen atoms in total. The van der Waals surface area contributed by atoms with Crippen LogP contribution in [0.2, 0.25) is 0 Å². The summed E-state index contributed by atoms with van der Waals surface area (Å²) in [5.41, 5.74) is 7.45. The number of anilines is 1. The van der Waals surface area contributed by atoms with Crippen molar-refractivity contribution in [2.45, 2.75) is 25.7 Å². The molecule has 1 saturated heterocycles. The van der Waals surface area contributed by atoms with Crippen LogP contribution in [-0.2, 0) is 6.42 Å². The minimum atomic E-state index is 0.599. The number of nitrogens with zero attached hydrogens (tertiary/aromatic N) is 4. The highest BCUT2D eigenvalue weighted by Crippen LogP contribution is 2.22. The third kappa shape index (κ3) is 2.47. The highest BCUT2D eigenvalue weighted by atomic mass is 79.9. The Morgan fingerprint density at radius 2 is 2.00 bits per heavy atom. The number of imidazole rings is 1. The maximum absolute atomic E-state index is 5.60. The van der Waals surface area contributed by atoms with Crippen molar-refractivity contribution in [3.05, 3.63) is 22.4 Å². The summed E-state index contributed by atoms with van der Waals surface area (Å²) in [5, 5.41) is 4.69. The zero-order valence-electron chi connectivity index (χ0n) is 10.8. The van der Waals surface area contributed by atoms with E-state index in [4.69, 9.17) is 10.8 Å². The molecule has 6 heteroatoms. The average Bonchev–Trinajstić information content (AvgIpc) is 2.77. The van der Waals surface area contributed by atoms with Crippen LogP contribution in [0.5, 0.6) is 0 Å². The van der Waals surface area contributed by atoms with Gasteiger partial charge in [-0.25, -0.2) is 9.50 Å². The van der Waals surface area contributed by atoms with E-state index in [1.54, 1.807) is 0 Å². The molecular formula is C13H18BrN5. The Kier molecular flexibility index (Phi) is 3.70. The molecule has 0 saturated carbocycles. The summed E-state index contributed by atoms with van der Waals surface area (Å²) in [6.07, 6.45) is 4.60. The first-order valence-corrected chi connectivity index (χ1v) is 7.58. The molecule has 3 rings (SSSR count). The molecule has 1 fully saturated rings. The number of halogens is 1. The van der Waals surface area contributed by atoms with E-state index in [0.29, 0.717) is 6.54 Å². The first kappa shape index (κ1) is 12.9. The molecule has 0 aliphatic carbocycles. The van der Waals surface area contributed by atoms with E-state index in [1.807, 2.05) is 10.6 Å². The Morgan fingerprint density at radius 1 is 1.21 bits per heavy atom. The second-order valence-electron chi connectivity index (χ2n) is 4.90. The molecule has 2 aromatic heterocycles. The highest BCUT2D eigenvalue weighted by Gasteiger charge is 2.15. The van der Waals surface area contributed by atoms with Crippen molar-refractivity contribution in [1.29, 1.82) is 0 Å². The standard InChI is InChI=1S/C13H18BrN5/c14-13-10(6-7-15)16-11-4-5-12(17-19(11)13)18-8-2-1-3-9-18/h4-5H,1-3,6-9,15H2. The van der Waals surface area contributed by atoms with Gasteiger partial charge in [0.15, 0.2) is 5.65 Å². The summed E-state index contributed by atoms with van der Waals surface area (Å²) in [5.74, 6) is 1.03. The van der Waals surface area contributed by atoms with Crippen molar-refractivity contribution in [3.8, 4) is 0 Å². The van der Waals surface area contributed by atoms with Crippen LogP contribution in [0.3, 0.4) is 0 Å². The van der Waals surface area contributed by atoms with Crippen molar-refractivity contribution < 1.29 is 0 Å². The predicted octanol–water partition coefficient (Wildman–Crippen LogP) is 1.98. The summed E-state index contributed by atoms with van der Waals surface area (Å²) in [7, 11) is 0. The monoisotopic (exact) mass is 323 g/mol. The fourth-order valence-electron chi connectivity index (χ4n) is 2.53. The minimum Gasteiger partial charge on any atom is -0.355 e. The van der Waals surface area contributed by atoms with Gasteiger partial charge in [0.1, 0.15) is 10.4 Å². The van der Waals surface area contributed by atoms with Gasteiger partial charge in [-0.05, 0) is 53.9 Å². The van der Waals surface area contributed by atoms with Crippen LogP contribution in [0.4, 0.5) is 5.82 Å². The molecule has 1 aliphatic rings. The van der Waals surface area contributed by atoms with E-state index in [0.717, 1.165) is 41.3 Å². The van der Waals surface area contributed by atoms with Crippen LogP contribution < -0.4 is 10.6 Å². The van der Waals surface area contributed by atoms with Crippen LogP contribution >= 0.6 is 15.9 Å². The Hall–Kier alpha value is -1.14. The molecule has 2 aromatic rings. The normalized spacial score (nSPS) is 16.2. The third-order valence-corrected chi connectivity index (χ3v) is 4.33. The summed E-state index contributed by atoms with van der Waals surface area (Å²) >= 11 is 3.57. The zero-order valence-corrected chi connectivity index (χ0v) is 12.4. The van der Waals surface area contributed by atoms with E-state index in [9.17, 15) is 0 Å². The van der Waals surface area contributed by atoms with Gasteiger partial charge in [0.05, 0.1) is 5.69 Å². The number of hydrogen-bond acceptors (Lipinski definition) is 4. The van der Waals surface area contributed by atoms with E-state index < -0.39 is 0 Å². The molecular weight excluding hydrogens is 306 g/mol. The van der Waals surface area contributed by atoms with Gasteiger partial charge < -0.3 is 10.6 Å². The zero-order chi connectivity index (χ0) is 13.2. The lowest BCUT2D eigenvalue weighted by molar-refractivity contribution is 0.570. The highest BCUT2D eigenvalue weighted by molar-refractivity contribution is 9.10. The fraction of sp³-hybridized carbons (Fsp3) is 0.538. The van der Waals surface area contributed by atoms with Crippen LogP contribution in [0, 0.1) is 0 Å². The molecule has 0 unspecified atom stereocenters. The minimum absolute atomic E-state index is 0.599. The van der Waals surface area contributed by atoms with Gasteiger partial charge in [-0.15, -0.1) is 5.10 Å². The van der Waals surface area contributed by atoms with Crippen LogP contribution in [0.15, 0.2) is 16.7 Å². The Bertz CT molecular complexity index is 574. The summed E-state index contributed by atoms with van der Waals surface area (Å²) in [6, 6.07) is 4.09. The number of nitrogens with two attached hydrogens (primary N) is 1. The number of rotatable bonds is 3. The number of piperidine rings is 1. The quantitative estimate of drug-likeness (QED) is 0.938. The summed E-state index contributed by atoms with van der Waals surface area (Å²) in [6.45, 7) is 2.79. The fourth-order valence-corrected chi connectivity index (χ4v) is 3.08. The molecule has 0 radical (unpaired) electrons. The third-order valence-electron chi connectivity index (χ3n) is 3.54. The molecule has 1 aliphatic heterocycles. The Morgan fingerprint density at radius 3 is 2.74 bits per heavy atom. The topological polar surface area (TPSA) is 59.5 Å². The van der Waals surface area contributed by atoms with Crippen molar-refractivity contribution in [3.63, 3.8) is 0 Å². The van der Waals surface area contributed by atoms with Gasteiger partial charge in [-0.3, -0.25) is 0 Å². The number of aromatic nitrogens is 3. The summed E-state index contributed by atoms with van der Waals surface area (Å²) in [4.78, 5) is 6.89. The van der Waals surface area contributed by atoms with Crippen molar-refractivity contribution in [1.82, 2.24) is 14.6 Å². The van der Waals surface area contributed by atoms with Crippen LogP contribution in [-0.4, -0.2) is 34.2 Å². The lowest BCUT2D eigenvalue weighted by Gasteiger charge is -2.27. The van der Waals surface area contributed by atoms with E-state index in [2.05, 4.69) is 31.9 Å². The molecule has 0 bridgehead atoms. The summed E-state index contributed by atoms with van der Waals surface area (Å²) < 4.78 is 2.79. The Labute approximate surface area is 120 Å². The first-order valence-electron chi connectivity index (χ1n) is 6.79. The van der Waals surface area contributed by atoms with E-state index in [-0.39, 0.29) is 0 Å². The van der Waals surface area contributed by atoms with Crippen LogP contribution in [0.25, 0.3) is 5.65 Å². The molecule has 0 aromatic carbocycles. The first-order chi connectivity index (χ1) is 9.29. The van der Waals surface area contributed by atoms with Crippen molar-refractivity contribution >= 4 is 27.4 Å². The molecule has 0 atom stereocenters. The van der Waals surface area contributed by atoms with E-state index >= 15 is 0 Å². The van der Waals surface area contributed by atoms with Crippen LogP contribution in [0.1, 0.15) is 25.0 Å². The van der Waals surface area contributed by atoms with Gasteiger partial charge >= 0.3 is 0 Å². The molecule has 0 amide bonds. The molecule has 19 heavy (non-hydrogen) atoms. The van der Waals surface area contributed by atoms with Gasteiger partial charge in [0, 0.05) is 19.5 Å². The van der Waals surface area contributed by atoms with Gasteiger partial charge in [0.25, 0.3) is 0 Å². The van der Waals surface area contributed by atoms with Gasteiger partial charge in [0.2, 0.25) is 0 Å². The predicted molar refractivity (Wildman–Crippen MR) is 79.5 cm³/mol. The lowest BCUT2D eigenvalue weighted by atomic mass is 10.1. The lowest BCUT2D eigenvalue weighted by Crippen LogP contribution is -2.30. The molecule has 2 N–H and O–H groups in total. The van der Waals surface area contributed by atoms with Gasteiger partial charge in [-0.2, -0.15) is 0 Å². The molecule has 0 spiro atoms. The smallest absolute Gasteiger partial charge is 0.155 e. The number of hydrogen-bond donors (Lipinski definition) is 1. The largest absolute Gasteiger partial charge is 0.355 e.